The Labute approximate surface area is 116 Å². The highest BCUT2D eigenvalue weighted by atomic mass is 19.1. The maximum absolute atomic E-state index is 12.9. The summed E-state index contributed by atoms with van der Waals surface area (Å²) in [7, 11) is 4.76. The van der Waals surface area contributed by atoms with Gasteiger partial charge in [0.25, 0.3) is 0 Å². The number of halogens is 1. The molecule has 0 aliphatic carbocycles. The number of anilines is 1. The van der Waals surface area contributed by atoms with Gasteiger partial charge >= 0.3 is 12.0 Å². The molecule has 0 bridgehead atoms. The average molecular weight is 278 g/mol. The van der Waals surface area contributed by atoms with Gasteiger partial charge in [0.1, 0.15) is 5.82 Å². The monoisotopic (exact) mass is 278 g/mol. The molecule has 0 amide bonds. The average Bonchev–Trinajstić information content (AvgIpc) is 2.48. The number of methoxy groups -OCH3 is 2. The Bertz CT molecular complexity index is 555. The number of nitrogens with zero attached hydrogens (tertiary/aromatic N) is 4. The topological polar surface area (TPSA) is 60.4 Å². The highest BCUT2D eigenvalue weighted by Crippen LogP contribution is 2.16. The number of hydrogen-bond acceptors (Lipinski definition) is 6. The van der Waals surface area contributed by atoms with Crippen LogP contribution in [-0.4, -0.2) is 36.2 Å². The lowest BCUT2D eigenvalue weighted by Gasteiger charge is -2.17. The number of aromatic nitrogens is 3. The van der Waals surface area contributed by atoms with Crippen LogP contribution in [0.5, 0.6) is 12.0 Å². The zero-order valence-electron chi connectivity index (χ0n) is 11.5. The van der Waals surface area contributed by atoms with Crippen molar-refractivity contribution in [3.05, 3.63) is 35.6 Å². The molecule has 1 aromatic carbocycles. The fourth-order valence-electron chi connectivity index (χ4n) is 1.62. The molecule has 6 nitrogen and oxygen atoms in total. The highest BCUT2D eigenvalue weighted by Gasteiger charge is 2.11. The van der Waals surface area contributed by atoms with Crippen molar-refractivity contribution in [1.82, 2.24) is 15.0 Å². The van der Waals surface area contributed by atoms with E-state index in [0.29, 0.717) is 12.5 Å². The lowest BCUT2D eigenvalue weighted by Crippen LogP contribution is -2.20. The van der Waals surface area contributed by atoms with Crippen LogP contribution in [0.15, 0.2) is 24.3 Å². The van der Waals surface area contributed by atoms with E-state index in [1.165, 1.54) is 26.4 Å². The fourth-order valence-corrected chi connectivity index (χ4v) is 1.62. The maximum Gasteiger partial charge on any atom is 0.324 e. The molecule has 20 heavy (non-hydrogen) atoms. The predicted octanol–water partition coefficient (Wildman–Crippen LogP) is 1.66. The second-order valence-corrected chi connectivity index (χ2v) is 4.09. The minimum absolute atomic E-state index is 0.179. The molecule has 0 aliphatic rings. The third-order valence-corrected chi connectivity index (χ3v) is 2.62. The van der Waals surface area contributed by atoms with Gasteiger partial charge in [0.05, 0.1) is 14.2 Å². The minimum Gasteiger partial charge on any atom is -0.467 e. The largest absolute Gasteiger partial charge is 0.467 e. The molecule has 0 atom stereocenters. The molecule has 0 saturated carbocycles. The van der Waals surface area contributed by atoms with E-state index >= 15 is 0 Å². The van der Waals surface area contributed by atoms with Crippen LogP contribution in [0.1, 0.15) is 5.56 Å². The van der Waals surface area contributed by atoms with Crippen LogP contribution < -0.4 is 14.4 Å². The molecule has 7 heteroatoms. The lowest BCUT2D eigenvalue weighted by molar-refractivity contribution is 0.340. The molecule has 0 N–H and O–H groups in total. The van der Waals surface area contributed by atoms with Crippen LogP contribution in [-0.2, 0) is 6.54 Å². The van der Waals surface area contributed by atoms with Crippen LogP contribution in [0.4, 0.5) is 10.3 Å². The van der Waals surface area contributed by atoms with E-state index in [2.05, 4.69) is 15.0 Å². The Hall–Kier alpha value is -2.44. The molecular formula is C13H15FN4O2. The van der Waals surface area contributed by atoms with E-state index in [1.54, 1.807) is 17.0 Å². The minimum atomic E-state index is -0.264. The van der Waals surface area contributed by atoms with Gasteiger partial charge in [-0.3, -0.25) is 0 Å². The fraction of sp³-hybridized carbons (Fsp3) is 0.308. The second-order valence-electron chi connectivity index (χ2n) is 4.09. The van der Waals surface area contributed by atoms with Gasteiger partial charge in [-0.05, 0) is 17.7 Å². The standard InChI is InChI=1S/C13H15FN4O2/c1-18(8-9-4-6-10(14)7-5-9)11-15-12(19-2)17-13(16-11)20-3/h4-7H,8H2,1-3H3. The summed E-state index contributed by atoms with van der Waals surface area (Å²) in [5.41, 5.74) is 0.937. The molecule has 0 radical (unpaired) electrons. The van der Waals surface area contributed by atoms with E-state index in [0.717, 1.165) is 5.56 Å². The first kappa shape index (κ1) is 14.0. The van der Waals surface area contributed by atoms with Crippen LogP contribution in [0.2, 0.25) is 0 Å². The van der Waals surface area contributed by atoms with Crippen molar-refractivity contribution < 1.29 is 13.9 Å². The second kappa shape index (κ2) is 6.14. The van der Waals surface area contributed by atoms with Crippen molar-refractivity contribution in [2.75, 3.05) is 26.2 Å². The Morgan fingerprint density at radius 1 is 1.00 bits per heavy atom. The Kier molecular flexibility index (Phi) is 4.29. The Balaban J connectivity index is 2.19. The number of ether oxygens (including phenoxy) is 2. The first-order valence-corrected chi connectivity index (χ1v) is 5.92. The van der Waals surface area contributed by atoms with E-state index in [9.17, 15) is 4.39 Å². The SMILES string of the molecule is COc1nc(OC)nc(N(C)Cc2ccc(F)cc2)n1. The van der Waals surface area contributed by atoms with Crippen LogP contribution in [0, 0.1) is 5.82 Å². The van der Waals surface area contributed by atoms with Gasteiger partial charge in [0.2, 0.25) is 5.95 Å². The summed E-state index contributed by atoms with van der Waals surface area (Å²) in [5.74, 6) is 0.151. The molecule has 1 aromatic heterocycles. The third kappa shape index (κ3) is 3.31. The zero-order chi connectivity index (χ0) is 14.5. The molecule has 2 aromatic rings. The predicted molar refractivity (Wildman–Crippen MR) is 71.4 cm³/mol. The molecular weight excluding hydrogens is 263 g/mol. The van der Waals surface area contributed by atoms with Gasteiger partial charge in [-0.1, -0.05) is 12.1 Å². The maximum atomic E-state index is 12.9. The van der Waals surface area contributed by atoms with Gasteiger partial charge < -0.3 is 14.4 Å². The first-order chi connectivity index (χ1) is 9.62. The van der Waals surface area contributed by atoms with Gasteiger partial charge in [0, 0.05) is 13.6 Å². The van der Waals surface area contributed by atoms with Crippen LogP contribution >= 0.6 is 0 Å². The summed E-state index contributed by atoms with van der Waals surface area (Å²) in [6.07, 6.45) is 0. The third-order valence-electron chi connectivity index (χ3n) is 2.62. The number of benzene rings is 1. The first-order valence-electron chi connectivity index (χ1n) is 5.92. The molecule has 0 aliphatic heterocycles. The summed E-state index contributed by atoms with van der Waals surface area (Å²) in [4.78, 5) is 14.0. The van der Waals surface area contributed by atoms with Gasteiger partial charge in [0.15, 0.2) is 0 Å². The summed E-state index contributed by atoms with van der Waals surface area (Å²) in [6.45, 7) is 0.524. The Morgan fingerprint density at radius 3 is 2.05 bits per heavy atom. The van der Waals surface area contributed by atoms with Crippen molar-refractivity contribution in [2.45, 2.75) is 6.54 Å². The lowest BCUT2D eigenvalue weighted by atomic mass is 10.2. The normalized spacial score (nSPS) is 10.2. The molecule has 0 saturated heterocycles. The van der Waals surface area contributed by atoms with Crippen molar-refractivity contribution in [3.8, 4) is 12.0 Å². The Morgan fingerprint density at radius 2 is 1.55 bits per heavy atom. The summed E-state index contributed by atoms with van der Waals surface area (Å²) in [5, 5.41) is 0. The van der Waals surface area contributed by atoms with Crippen molar-refractivity contribution >= 4 is 5.95 Å². The molecule has 1 heterocycles. The van der Waals surface area contributed by atoms with Crippen molar-refractivity contribution in [1.29, 1.82) is 0 Å². The zero-order valence-corrected chi connectivity index (χ0v) is 11.5. The van der Waals surface area contributed by atoms with Gasteiger partial charge in [-0.15, -0.1) is 4.98 Å². The summed E-state index contributed by atoms with van der Waals surface area (Å²) in [6, 6.07) is 6.61. The van der Waals surface area contributed by atoms with Crippen molar-refractivity contribution in [2.24, 2.45) is 0 Å². The van der Waals surface area contributed by atoms with Gasteiger partial charge in [-0.25, -0.2) is 4.39 Å². The molecule has 0 unspecified atom stereocenters. The number of rotatable bonds is 5. The summed E-state index contributed by atoms with van der Waals surface area (Å²) < 4.78 is 22.9. The van der Waals surface area contributed by atoms with E-state index in [-0.39, 0.29) is 17.8 Å². The van der Waals surface area contributed by atoms with Crippen LogP contribution in [0.3, 0.4) is 0 Å². The smallest absolute Gasteiger partial charge is 0.324 e. The molecule has 2 rings (SSSR count). The molecule has 0 fully saturated rings. The number of hydrogen-bond donors (Lipinski definition) is 0. The van der Waals surface area contributed by atoms with E-state index in [4.69, 9.17) is 9.47 Å². The van der Waals surface area contributed by atoms with E-state index in [1.807, 2.05) is 7.05 Å². The van der Waals surface area contributed by atoms with Crippen LogP contribution in [0.25, 0.3) is 0 Å². The quantitative estimate of drug-likeness (QED) is 0.829. The van der Waals surface area contributed by atoms with Crippen molar-refractivity contribution in [3.63, 3.8) is 0 Å². The van der Waals surface area contributed by atoms with E-state index < -0.39 is 0 Å². The van der Waals surface area contributed by atoms with Gasteiger partial charge in [-0.2, -0.15) is 9.97 Å². The molecule has 0 spiro atoms. The summed E-state index contributed by atoms with van der Waals surface area (Å²) >= 11 is 0. The highest BCUT2D eigenvalue weighted by molar-refractivity contribution is 5.33. The molecule has 106 valence electrons.